The van der Waals surface area contributed by atoms with E-state index < -0.39 is 17.7 Å². The minimum Gasteiger partial charge on any atom is -0.480 e. The zero-order valence-corrected chi connectivity index (χ0v) is 16.5. The smallest absolute Gasteiger partial charge is 0.412 e. The van der Waals surface area contributed by atoms with Crippen molar-refractivity contribution in [3.63, 3.8) is 0 Å². The van der Waals surface area contributed by atoms with Gasteiger partial charge in [-0.15, -0.1) is 0 Å². The van der Waals surface area contributed by atoms with Crippen molar-refractivity contribution in [1.82, 2.24) is 0 Å². The first-order chi connectivity index (χ1) is 12.2. The summed E-state index contributed by atoms with van der Waals surface area (Å²) in [5, 5.41) is 21.2. The maximum Gasteiger partial charge on any atom is 0.412 e. The van der Waals surface area contributed by atoms with Crippen molar-refractivity contribution in [2.75, 3.05) is 30.8 Å². The van der Waals surface area contributed by atoms with Crippen molar-refractivity contribution in [1.29, 1.82) is 0 Å². The number of hydrogen-bond acceptors (Lipinski definition) is 6. The van der Waals surface area contributed by atoms with Crippen molar-refractivity contribution in [3.05, 3.63) is 23.8 Å². The third-order valence-electron chi connectivity index (χ3n) is 2.58. The van der Waals surface area contributed by atoms with Gasteiger partial charge in [0.1, 0.15) is 12.1 Å². The predicted octanol–water partition coefficient (Wildman–Crippen LogP) is 3.30. The first kappa shape index (κ1) is 29.4. The number of benzene rings is 1. The van der Waals surface area contributed by atoms with Crippen molar-refractivity contribution in [2.45, 2.75) is 54.1 Å². The van der Waals surface area contributed by atoms with Gasteiger partial charge >= 0.3 is 12.1 Å². The number of aliphatic carboxylic acids is 1. The topological polar surface area (TPSA) is 134 Å². The molecule has 0 bridgehead atoms. The van der Waals surface area contributed by atoms with Crippen LogP contribution in [0.4, 0.5) is 16.2 Å². The van der Waals surface area contributed by atoms with E-state index in [-0.39, 0.29) is 14.0 Å². The fourth-order valence-corrected chi connectivity index (χ4v) is 1.75. The van der Waals surface area contributed by atoms with Crippen molar-refractivity contribution < 1.29 is 24.5 Å². The average molecular weight is 388 g/mol. The molecule has 0 spiro atoms. The summed E-state index contributed by atoms with van der Waals surface area (Å²) >= 11 is 0. The number of anilines is 2. The summed E-state index contributed by atoms with van der Waals surface area (Å²) in [4.78, 5) is 22.5. The molecular weight excluding hydrogens is 350 g/mol. The summed E-state index contributed by atoms with van der Waals surface area (Å²) in [6.07, 6.45) is 0.0616. The second-order valence-corrected chi connectivity index (χ2v) is 5.79. The summed E-state index contributed by atoms with van der Waals surface area (Å²) < 4.78 is 5.19. The number of carbonyl (C=O) groups excluding carboxylic acids is 1. The molecule has 27 heavy (non-hydrogen) atoms. The van der Waals surface area contributed by atoms with Crippen LogP contribution in [0.1, 0.15) is 47.6 Å². The Labute approximate surface area is 163 Å². The van der Waals surface area contributed by atoms with Crippen LogP contribution in [0.3, 0.4) is 0 Å². The Hall–Kier alpha value is -2.32. The van der Waals surface area contributed by atoms with Crippen LogP contribution >= 0.6 is 0 Å². The number of nitrogens with one attached hydrogen (secondary N) is 2. The Balaban J connectivity index is -0.00000108. The van der Waals surface area contributed by atoms with E-state index in [0.717, 1.165) is 12.7 Å². The van der Waals surface area contributed by atoms with Crippen LogP contribution in [-0.2, 0) is 16.0 Å². The average Bonchev–Trinajstić information content (AvgIpc) is 2.57. The number of carboxylic acid groups (broad SMARTS) is 1. The molecule has 0 fully saturated rings. The first-order valence-electron chi connectivity index (χ1n) is 8.44. The highest BCUT2D eigenvalue weighted by Gasteiger charge is 2.17. The van der Waals surface area contributed by atoms with Crippen LogP contribution in [0.15, 0.2) is 18.2 Å². The highest BCUT2D eigenvalue weighted by molar-refractivity contribution is 5.90. The van der Waals surface area contributed by atoms with E-state index in [2.05, 4.69) is 10.6 Å². The molecule has 0 aliphatic carbocycles. The van der Waals surface area contributed by atoms with E-state index in [1.54, 1.807) is 32.9 Å². The van der Waals surface area contributed by atoms with Crippen LogP contribution in [0.5, 0.6) is 0 Å². The lowest BCUT2D eigenvalue weighted by molar-refractivity contribution is -0.134. The molecule has 0 aliphatic rings. The summed E-state index contributed by atoms with van der Waals surface area (Å²) in [7, 11) is 1.00. The Morgan fingerprint density at radius 1 is 1.15 bits per heavy atom. The van der Waals surface area contributed by atoms with Crippen molar-refractivity contribution in [3.8, 4) is 0 Å². The Kier molecular flexibility index (Phi) is 17.3. The number of aliphatic hydroxyl groups excluding tert-OH is 1. The number of hydrogen-bond donors (Lipinski definition) is 5. The van der Waals surface area contributed by atoms with Gasteiger partial charge in [0, 0.05) is 7.11 Å². The maximum absolute atomic E-state index is 11.8. The standard InChI is InChI=1S/C15H23N3O4.C2H6.CH4O.CH4/c1-15(2,3)22-14(21)18-11-5-4-10(6-7-16)8-12(11)17-9-13(19)20;2*1-2;/h4-5,8,17H,6-7,9,16H2,1-3H3,(H,18,21)(H,19,20);1-2H3;2H,1H3;1H4. The third-order valence-corrected chi connectivity index (χ3v) is 2.58. The Morgan fingerprint density at radius 3 is 2.15 bits per heavy atom. The van der Waals surface area contributed by atoms with Crippen LogP contribution in [-0.4, -0.2) is 48.1 Å². The number of aliphatic hydroxyl groups is 1. The van der Waals surface area contributed by atoms with Crippen LogP contribution in [0.2, 0.25) is 0 Å². The molecule has 8 heteroatoms. The van der Waals surface area contributed by atoms with Gasteiger partial charge in [0.05, 0.1) is 11.4 Å². The van der Waals surface area contributed by atoms with E-state index in [4.69, 9.17) is 20.7 Å². The van der Waals surface area contributed by atoms with Gasteiger partial charge in [-0.2, -0.15) is 0 Å². The fraction of sp³-hybridized carbons (Fsp3) is 0.579. The van der Waals surface area contributed by atoms with Crippen LogP contribution in [0.25, 0.3) is 0 Å². The SMILES string of the molecule is C.CC.CC(C)(C)OC(=O)Nc1ccc(CCN)cc1NCC(=O)O.CO. The molecule has 0 heterocycles. The van der Waals surface area contributed by atoms with Crippen LogP contribution in [0, 0.1) is 0 Å². The van der Waals surface area contributed by atoms with Gasteiger partial charge in [0.2, 0.25) is 0 Å². The second-order valence-electron chi connectivity index (χ2n) is 5.79. The summed E-state index contributed by atoms with van der Waals surface area (Å²) in [6, 6.07) is 5.28. The molecule has 1 rings (SSSR count). The van der Waals surface area contributed by atoms with Gasteiger partial charge in [0.25, 0.3) is 0 Å². The minimum absolute atomic E-state index is 0. The van der Waals surface area contributed by atoms with E-state index in [1.807, 2.05) is 19.9 Å². The Bertz CT molecular complexity index is 543. The van der Waals surface area contributed by atoms with Gasteiger partial charge in [-0.25, -0.2) is 4.79 Å². The number of nitrogens with two attached hydrogens (primary N) is 1. The highest BCUT2D eigenvalue weighted by atomic mass is 16.6. The first-order valence-corrected chi connectivity index (χ1v) is 8.44. The molecule has 0 aromatic heterocycles. The Morgan fingerprint density at radius 2 is 1.70 bits per heavy atom. The van der Waals surface area contributed by atoms with E-state index >= 15 is 0 Å². The second kappa shape index (κ2) is 15.9. The maximum atomic E-state index is 11.8. The van der Waals surface area contributed by atoms with Gasteiger partial charge in [-0.1, -0.05) is 27.3 Å². The number of carbonyl (C=O) groups is 2. The molecule has 0 aliphatic heterocycles. The van der Waals surface area contributed by atoms with Crippen LogP contribution < -0.4 is 16.4 Å². The zero-order chi connectivity index (χ0) is 20.8. The lowest BCUT2D eigenvalue weighted by Gasteiger charge is -2.21. The molecule has 0 atom stereocenters. The van der Waals surface area contributed by atoms with Crippen molar-refractivity contribution in [2.24, 2.45) is 5.73 Å². The quantitative estimate of drug-likeness (QED) is 0.505. The molecule has 1 aromatic rings. The van der Waals surface area contributed by atoms with E-state index in [1.165, 1.54) is 0 Å². The monoisotopic (exact) mass is 387 g/mol. The van der Waals surface area contributed by atoms with Crippen molar-refractivity contribution >= 4 is 23.4 Å². The molecule has 1 amide bonds. The zero-order valence-electron chi connectivity index (χ0n) is 16.5. The normalized spacial score (nSPS) is 9.33. The molecule has 8 nitrogen and oxygen atoms in total. The molecule has 0 unspecified atom stereocenters. The van der Waals surface area contributed by atoms with E-state index in [0.29, 0.717) is 24.3 Å². The lowest BCUT2D eigenvalue weighted by atomic mass is 10.1. The van der Waals surface area contributed by atoms with Gasteiger partial charge in [-0.3, -0.25) is 10.1 Å². The van der Waals surface area contributed by atoms with E-state index in [9.17, 15) is 9.59 Å². The van der Waals surface area contributed by atoms with Gasteiger partial charge in [0.15, 0.2) is 0 Å². The van der Waals surface area contributed by atoms with Gasteiger partial charge < -0.3 is 26.0 Å². The predicted molar refractivity (Wildman–Crippen MR) is 111 cm³/mol. The molecular formula is C19H37N3O5. The molecule has 0 saturated heterocycles. The molecule has 0 radical (unpaired) electrons. The largest absolute Gasteiger partial charge is 0.480 e. The molecule has 158 valence electrons. The lowest BCUT2D eigenvalue weighted by Crippen LogP contribution is -2.27. The molecule has 0 saturated carbocycles. The fourth-order valence-electron chi connectivity index (χ4n) is 1.75. The molecule has 1 aromatic carbocycles. The summed E-state index contributed by atoms with van der Waals surface area (Å²) in [5.74, 6) is -0.993. The summed E-state index contributed by atoms with van der Waals surface area (Å²) in [5.41, 5.74) is 6.82. The number of amides is 1. The van der Waals surface area contributed by atoms with Gasteiger partial charge in [-0.05, 0) is 51.4 Å². The molecule has 6 N–H and O–H groups in total. The number of ether oxygens (including phenoxy) is 1. The number of rotatable bonds is 6. The number of carboxylic acids is 1. The minimum atomic E-state index is -0.993. The highest BCUT2D eigenvalue weighted by Crippen LogP contribution is 2.24. The third kappa shape index (κ3) is 14.5. The summed E-state index contributed by atoms with van der Waals surface area (Å²) in [6.45, 7) is 9.52.